The summed E-state index contributed by atoms with van der Waals surface area (Å²) >= 11 is 0. The quantitative estimate of drug-likeness (QED) is 0.832. The zero-order chi connectivity index (χ0) is 19.5. The molecule has 0 saturated carbocycles. The lowest BCUT2D eigenvalue weighted by atomic mass is 9.87. The Labute approximate surface area is 154 Å². The van der Waals surface area contributed by atoms with Gasteiger partial charge in [-0.15, -0.1) is 0 Å². The maximum atomic E-state index is 12.7. The second-order valence-corrected chi connectivity index (χ2v) is 8.66. The third kappa shape index (κ3) is 4.76. The number of methoxy groups -OCH3 is 1. The Morgan fingerprint density at radius 3 is 2.15 bits per heavy atom. The number of ether oxygens (including phenoxy) is 1. The van der Waals surface area contributed by atoms with Gasteiger partial charge in [-0.2, -0.15) is 0 Å². The van der Waals surface area contributed by atoms with Crippen molar-refractivity contribution in [3.63, 3.8) is 0 Å². The van der Waals surface area contributed by atoms with E-state index in [-0.39, 0.29) is 16.2 Å². The van der Waals surface area contributed by atoms with Crippen LogP contribution in [0.1, 0.15) is 33.3 Å². The molecule has 140 valence electrons. The molecule has 0 radical (unpaired) electrons. The van der Waals surface area contributed by atoms with Gasteiger partial charge in [0.25, 0.3) is 10.0 Å². The highest BCUT2D eigenvalue weighted by Gasteiger charge is 2.20. The minimum atomic E-state index is -3.80. The van der Waals surface area contributed by atoms with Gasteiger partial charge in [0.1, 0.15) is 5.75 Å². The normalized spacial score (nSPS) is 11.7. The molecule has 0 unspecified atom stereocenters. The zero-order valence-electron chi connectivity index (χ0n) is 15.6. The zero-order valence-corrected chi connectivity index (χ0v) is 16.4. The number of hydrogen-bond donors (Lipinski definition) is 2. The highest BCUT2D eigenvalue weighted by molar-refractivity contribution is 7.92. The fraction of sp³-hybridized carbons (Fsp3) is 0.316. The van der Waals surface area contributed by atoms with Crippen LogP contribution in [0.15, 0.2) is 47.4 Å². The van der Waals surface area contributed by atoms with E-state index in [4.69, 9.17) is 4.74 Å². The van der Waals surface area contributed by atoms with Crippen molar-refractivity contribution >= 4 is 27.3 Å². The minimum Gasteiger partial charge on any atom is -0.495 e. The Hall–Kier alpha value is -2.54. The van der Waals surface area contributed by atoms with Crippen molar-refractivity contribution < 1.29 is 17.9 Å². The lowest BCUT2D eigenvalue weighted by molar-refractivity contribution is -0.114. The monoisotopic (exact) mass is 376 g/mol. The maximum absolute atomic E-state index is 12.7. The van der Waals surface area contributed by atoms with Crippen molar-refractivity contribution in [1.82, 2.24) is 0 Å². The molecule has 0 bridgehead atoms. The molecule has 7 heteroatoms. The summed E-state index contributed by atoms with van der Waals surface area (Å²) in [4.78, 5) is 11.2. The van der Waals surface area contributed by atoms with Crippen LogP contribution in [0.3, 0.4) is 0 Å². The van der Waals surface area contributed by atoms with Gasteiger partial charge in [0, 0.05) is 12.6 Å². The number of anilines is 2. The van der Waals surface area contributed by atoms with Crippen molar-refractivity contribution in [3.8, 4) is 5.75 Å². The van der Waals surface area contributed by atoms with Crippen LogP contribution in [0.25, 0.3) is 0 Å². The van der Waals surface area contributed by atoms with Gasteiger partial charge in [-0.3, -0.25) is 9.52 Å². The van der Waals surface area contributed by atoms with Crippen LogP contribution in [0.2, 0.25) is 0 Å². The Balaban J connectivity index is 2.35. The van der Waals surface area contributed by atoms with E-state index in [1.54, 1.807) is 24.3 Å². The van der Waals surface area contributed by atoms with Gasteiger partial charge in [-0.05, 0) is 47.4 Å². The van der Waals surface area contributed by atoms with Gasteiger partial charge in [0.2, 0.25) is 5.91 Å². The van der Waals surface area contributed by atoms with Crippen LogP contribution in [0, 0.1) is 0 Å². The summed E-state index contributed by atoms with van der Waals surface area (Å²) in [5, 5.41) is 2.60. The van der Waals surface area contributed by atoms with E-state index in [1.807, 2.05) is 26.8 Å². The van der Waals surface area contributed by atoms with Crippen LogP contribution >= 0.6 is 0 Å². The number of amides is 1. The Morgan fingerprint density at radius 2 is 1.65 bits per heavy atom. The number of carbonyl (C=O) groups excluding carboxylic acids is 1. The first-order valence-corrected chi connectivity index (χ1v) is 9.60. The molecule has 0 fully saturated rings. The summed E-state index contributed by atoms with van der Waals surface area (Å²) in [6.07, 6.45) is 0. The smallest absolute Gasteiger partial charge is 0.262 e. The maximum Gasteiger partial charge on any atom is 0.262 e. The number of carbonyl (C=O) groups is 1. The van der Waals surface area contributed by atoms with E-state index < -0.39 is 10.0 Å². The SMILES string of the molecule is COc1ccc(C(C)(C)C)cc1NS(=O)(=O)c1ccc(NC(C)=O)cc1. The van der Waals surface area contributed by atoms with E-state index in [0.717, 1.165) is 5.56 Å². The van der Waals surface area contributed by atoms with Crippen molar-refractivity contribution in [2.24, 2.45) is 0 Å². The average Bonchev–Trinajstić information content (AvgIpc) is 2.53. The standard InChI is InChI=1S/C19H24N2O4S/c1-13(22)20-15-7-9-16(10-8-15)26(23,24)21-17-12-14(19(2,3)4)6-11-18(17)25-5/h6-12,21H,1-5H3,(H,20,22). The highest BCUT2D eigenvalue weighted by Crippen LogP contribution is 2.32. The lowest BCUT2D eigenvalue weighted by Crippen LogP contribution is -2.16. The summed E-state index contributed by atoms with van der Waals surface area (Å²) < 4.78 is 33.3. The first-order valence-electron chi connectivity index (χ1n) is 8.12. The van der Waals surface area contributed by atoms with Crippen molar-refractivity contribution in [2.75, 3.05) is 17.1 Å². The van der Waals surface area contributed by atoms with Crippen LogP contribution in [-0.2, 0) is 20.2 Å². The molecular formula is C19H24N2O4S. The molecule has 0 aliphatic rings. The van der Waals surface area contributed by atoms with Gasteiger partial charge in [-0.1, -0.05) is 26.8 Å². The van der Waals surface area contributed by atoms with E-state index in [1.165, 1.54) is 26.2 Å². The Kier molecular flexibility index (Phi) is 5.61. The molecule has 2 aromatic rings. The molecule has 0 saturated heterocycles. The predicted molar refractivity (Wildman–Crippen MR) is 103 cm³/mol. The molecule has 2 N–H and O–H groups in total. The predicted octanol–water partition coefficient (Wildman–Crippen LogP) is 3.75. The number of hydrogen-bond acceptors (Lipinski definition) is 4. The molecule has 2 rings (SSSR count). The van der Waals surface area contributed by atoms with E-state index in [9.17, 15) is 13.2 Å². The molecule has 0 atom stereocenters. The second kappa shape index (κ2) is 7.37. The third-order valence-corrected chi connectivity index (χ3v) is 5.18. The minimum absolute atomic E-state index is 0.0924. The van der Waals surface area contributed by atoms with Crippen molar-refractivity contribution in [3.05, 3.63) is 48.0 Å². The van der Waals surface area contributed by atoms with E-state index in [0.29, 0.717) is 17.1 Å². The molecule has 26 heavy (non-hydrogen) atoms. The van der Waals surface area contributed by atoms with Crippen LogP contribution in [-0.4, -0.2) is 21.4 Å². The van der Waals surface area contributed by atoms with Crippen LogP contribution in [0.4, 0.5) is 11.4 Å². The molecule has 2 aromatic carbocycles. The molecule has 6 nitrogen and oxygen atoms in total. The third-order valence-electron chi connectivity index (χ3n) is 3.79. The molecule has 0 aliphatic carbocycles. The Morgan fingerprint density at radius 1 is 1.04 bits per heavy atom. The summed E-state index contributed by atoms with van der Waals surface area (Å²) in [6, 6.07) is 11.4. The van der Waals surface area contributed by atoms with Crippen LogP contribution in [0.5, 0.6) is 5.75 Å². The molecule has 0 aliphatic heterocycles. The van der Waals surface area contributed by atoms with Crippen molar-refractivity contribution in [2.45, 2.75) is 38.0 Å². The molecule has 1 amide bonds. The first-order chi connectivity index (χ1) is 12.0. The van der Waals surface area contributed by atoms with Gasteiger partial charge in [0.05, 0.1) is 17.7 Å². The van der Waals surface area contributed by atoms with Gasteiger partial charge >= 0.3 is 0 Å². The number of nitrogens with one attached hydrogen (secondary N) is 2. The molecule has 0 heterocycles. The second-order valence-electron chi connectivity index (χ2n) is 6.98. The first kappa shape index (κ1) is 19.8. The number of sulfonamides is 1. The topological polar surface area (TPSA) is 84.5 Å². The average molecular weight is 376 g/mol. The van der Waals surface area contributed by atoms with Crippen molar-refractivity contribution in [1.29, 1.82) is 0 Å². The summed E-state index contributed by atoms with van der Waals surface area (Å²) in [5.41, 5.74) is 1.76. The van der Waals surface area contributed by atoms with E-state index in [2.05, 4.69) is 10.0 Å². The molecule has 0 spiro atoms. The Bertz CT molecular complexity index is 898. The van der Waals surface area contributed by atoms with E-state index >= 15 is 0 Å². The summed E-state index contributed by atoms with van der Waals surface area (Å²) in [5.74, 6) is 0.221. The lowest BCUT2D eigenvalue weighted by Gasteiger charge is -2.21. The molecular weight excluding hydrogens is 352 g/mol. The largest absolute Gasteiger partial charge is 0.495 e. The number of rotatable bonds is 5. The molecule has 0 aromatic heterocycles. The highest BCUT2D eigenvalue weighted by atomic mass is 32.2. The summed E-state index contributed by atoms with van der Waals surface area (Å²) in [6.45, 7) is 7.54. The fourth-order valence-corrected chi connectivity index (χ4v) is 3.44. The van der Waals surface area contributed by atoms with Gasteiger partial charge < -0.3 is 10.1 Å². The van der Waals surface area contributed by atoms with Crippen LogP contribution < -0.4 is 14.8 Å². The van der Waals surface area contributed by atoms with Gasteiger partial charge in [0.15, 0.2) is 0 Å². The van der Waals surface area contributed by atoms with Gasteiger partial charge in [-0.25, -0.2) is 8.42 Å². The fourth-order valence-electron chi connectivity index (χ4n) is 2.38. The number of benzene rings is 2. The summed E-state index contributed by atoms with van der Waals surface area (Å²) in [7, 11) is -2.30.